The highest BCUT2D eigenvalue weighted by Crippen LogP contribution is 2.73. The lowest BCUT2D eigenvalue weighted by Gasteiger charge is -2.67. The van der Waals surface area contributed by atoms with Crippen LogP contribution < -0.4 is 0 Å². The third-order valence-electron chi connectivity index (χ3n) is 8.17. The van der Waals surface area contributed by atoms with Crippen molar-refractivity contribution >= 4 is 11.6 Å². The molecule has 0 aromatic rings. The summed E-state index contributed by atoms with van der Waals surface area (Å²) in [4.78, 5) is 24.2. The van der Waals surface area contributed by atoms with Gasteiger partial charge in [-0.05, 0) is 73.7 Å². The lowest BCUT2D eigenvalue weighted by atomic mass is 9.37. The lowest BCUT2D eigenvalue weighted by molar-refractivity contribution is -0.143. The van der Waals surface area contributed by atoms with E-state index in [1.165, 1.54) is 24.8 Å². The number of Topliss-reactive ketones (excluding diaryl/α,β-unsaturated/α-hetero) is 1. The number of hydrogen-bond donors (Lipinski definition) is 0. The fraction of sp³-hybridized carbons (Fsp3) is 0.789. The second-order valence-corrected chi connectivity index (χ2v) is 8.65. The van der Waals surface area contributed by atoms with Crippen molar-refractivity contribution in [2.45, 2.75) is 58.3 Å². The van der Waals surface area contributed by atoms with E-state index in [9.17, 15) is 9.59 Å². The molecule has 0 unspecified atom stereocenters. The monoisotopic (exact) mass is 284 g/mol. The van der Waals surface area contributed by atoms with Gasteiger partial charge in [0.05, 0.1) is 0 Å². The minimum absolute atomic E-state index is 0.00402. The standard InChI is InChI=1S/C19H24O2/c1-18-6-5-15-13(14(18)2-3-17(18)21)8-11-10-19(15)7-4-12(20)9-16(11)19/h9,11,13-15H,2-8,10H2,1H3/t11-,13-,14-,15-,18-,19-/m0/s1. The Morgan fingerprint density at radius 3 is 2.81 bits per heavy atom. The van der Waals surface area contributed by atoms with Gasteiger partial charge in [0.2, 0.25) is 0 Å². The van der Waals surface area contributed by atoms with Crippen LogP contribution in [-0.2, 0) is 9.59 Å². The second-order valence-electron chi connectivity index (χ2n) is 8.65. The summed E-state index contributed by atoms with van der Waals surface area (Å²) in [6.07, 6.45) is 10.8. The average Bonchev–Trinajstić information content (AvgIpc) is 2.77. The van der Waals surface area contributed by atoms with E-state index in [2.05, 4.69) is 6.92 Å². The number of carbonyl (C=O) groups is 2. The summed E-state index contributed by atoms with van der Waals surface area (Å²) in [5.74, 6) is 3.75. The van der Waals surface area contributed by atoms with E-state index in [1.54, 1.807) is 0 Å². The van der Waals surface area contributed by atoms with Crippen LogP contribution in [-0.4, -0.2) is 11.6 Å². The normalized spacial score (nSPS) is 54.2. The van der Waals surface area contributed by atoms with Crippen LogP contribution in [0.4, 0.5) is 0 Å². The molecule has 0 saturated heterocycles. The van der Waals surface area contributed by atoms with Gasteiger partial charge in [0.1, 0.15) is 5.78 Å². The maximum atomic E-state index is 12.4. The van der Waals surface area contributed by atoms with Crippen LogP contribution >= 0.6 is 0 Å². The van der Waals surface area contributed by atoms with Gasteiger partial charge < -0.3 is 0 Å². The molecule has 0 N–H and O–H groups in total. The molecular weight excluding hydrogens is 260 g/mol. The van der Waals surface area contributed by atoms with E-state index in [4.69, 9.17) is 0 Å². The quantitative estimate of drug-likeness (QED) is 0.679. The fourth-order valence-corrected chi connectivity index (χ4v) is 7.21. The Morgan fingerprint density at radius 2 is 1.95 bits per heavy atom. The van der Waals surface area contributed by atoms with Crippen LogP contribution in [0.3, 0.4) is 0 Å². The summed E-state index contributed by atoms with van der Waals surface area (Å²) in [7, 11) is 0. The van der Waals surface area contributed by atoms with Gasteiger partial charge in [-0.25, -0.2) is 0 Å². The van der Waals surface area contributed by atoms with Gasteiger partial charge >= 0.3 is 0 Å². The molecule has 0 amide bonds. The first-order chi connectivity index (χ1) is 10.0. The van der Waals surface area contributed by atoms with Crippen molar-refractivity contribution in [3.8, 4) is 0 Å². The molecular formula is C19H24O2. The van der Waals surface area contributed by atoms with E-state index in [1.807, 2.05) is 6.08 Å². The topological polar surface area (TPSA) is 34.1 Å². The molecule has 21 heavy (non-hydrogen) atoms. The molecule has 0 heterocycles. The largest absolute Gasteiger partial charge is 0.299 e. The Balaban J connectivity index is 1.55. The summed E-state index contributed by atoms with van der Waals surface area (Å²) in [6.45, 7) is 2.25. The van der Waals surface area contributed by atoms with Crippen molar-refractivity contribution in [3.63, 3.8) is 0 Å². The van der Waals surface area contributed by atoms with Crippen LogP contribution in [0.15, 0.2) is 11.6 Å². The number of hydrogen-bond acceptors (Lipinski definition) is 2. The Labute approximate surface area is 126 Å². The highest BCUT2D eigenvalue weighted by Gasteiger charge is 2.66. The van der Waals surface area contributed by atoms with E-state index in [0.717, 1.165) is 43.9 Å². The van der Waals surface area contributed by atoms with Crippen LogP contribution in [0.2, 0.25) is 0 Å². The van der Waals surface area contributed by atoms with Gasteiger partial charge in [-0.3, -0.25) is 9.59 Å². The Hall–Kier alpha value is -0.920. The van der Waals surface area contributed by atoms with Crippen LogP contribution in [0.5, 0.6) is 0 Å². The van der Waals surface area contributed by atoms with E-state index >= 15 is 0 Å². The molecule has 0 aromatic carbocycles. The average molecular weight is 284 g/mol. The zero-order chi connectivity index (χ0) is 14.4. The first-order valence-electron chi connectivity index (χ1n) is 8.83. The fourth-order valence-electron chi connectivity index (χ4n) is 7.21. The van der Waals surface area contributed by atoms with Gasteiger partial charge in [-0.15, -0.1) is 0 Å². The zero-order valence-electron chi connectivity index (χ0n) is 12.9. The van der Waals surface area contributed by atoms with Gasteiger partial charge in [0, 0.05) is 18.3 Å². The maximum absolute atomic E-state index is 12.4. The van der Waals surface area contributed by atoms with Crippen molar-refractivity contribution in [1.82, 2.24) is 0 Å². The van der Waals surface area contributed by atoms with Gasteiger partial charge in [-0.1, -0.05) is 12.5 Å². The number of ketones is 2. The van der Waals surface area contributed by atoms with Crippen LogP contribution in [0.25, 0.3) is 0 Å². The zero-order valence-corrected chi connectivity index (χ0v) is 12.9. The molecule has 6 aliphatic rings. The van der Waals surface area contributed by atoms with Crippen LogP contribution in [0, 0.1) is 34.5 Å². The Morgan fingerprint density at radius 1 is 1.10 bits per heavy atom. The highest BCUT2D eigenvalue weighted by atomic mass is 16.1. The van der Waals surface area contributed by atoms with Crippen molar-refractivity contribution in [2.24, 2.45) is 34.5 Å². The maximum Gasteiger partial charge on any atom is 0.155 e. The summed E-state index contributed by atoms with van der Waals surface area (Å²) < 4.78 is 0. The van der Waals surface area contributed by atoms with Crippen molar-refractivity contribution < 1.29 is 9.59 Å². The highest BCUT2D eigenvalue weighted by molar-refractivity contribution is 5.92. The molecule has 5 fully saturated rings. The van der Waals surface area contributed by atoms with E-state index < -0.39 is 0 Å². The third-order valence-corrected chi connectivity index (χ3v) is 8.17. The van der Waals surface area contributed by atoms with Gasteiger partial charge in [0.25, 0.3) is 0 Å². The minimum atomic E-state index is -0.00402. The number of carbonyl (C=O) groups excluding carboxylic acids is 2. The predicted molar refractivity (Wildman–Crippen MR) is 79.5 cm³/mol. The molecule has 1 spiro atoms. The van der Waals surface area contributed by atoms with E-state index in [-0.39, 0.29) is 5.41 Å². The molecule has 0 radical (unpaired) electrons. The number of allylic oxidation sites excluding steroid dienone is 1. The SMILES string of the molecule is C[C@]12CC[C@H]3[C@@H](C[C@H]4C[C@@]35CCC(=O)C=C45)[C@@H]1CCC2=O. The molecule has 2 heteroatoms. The van der Waals surface area contributed by atoms with Gasteiger partial charge in [0.15, 0.2) is 5.78 Å². The Bertz CT molecular complexity index is 588. The third kappa shape index (κ3) is 1.31. The summed E-state index contributed by atoms with van der Waals surface area (Å²) in [6, 6.07) is 0. The first-order valence-corrected chi connectivity index (χ1v) is 8.83. The molecule has 2 nitrogen and oxygen atoms in total. The first kappa shape index (κ1) is 12.6. The molecule has 0 aliphatic heterocycles. The number of rotatable bonds is 0. The summed E-state index contributed by atoms with van der Waals surface area (Å²) in [5, 5.41) is 0. The Kier molecular flexibility index (Phi) is 2.22. The molecule has 6 aliphatic carbocycles. The molecule has 112 valence electrons. The molecule has 2 bridgehead atoms. The second kappa shape index (κ2) is 3.70. The molecule has 6 rings (SSSR count). The molecule has 6 atom stereocenters. The molecule has 5 saturated carbocycles. The minimum Gasteiger partial charge on any atom is -0.299 e. The van der Waals surface area contributed by atoms with Crippen molar-refractivity contribution in [1.29, 1.82) is 0 Å². The van der Waals surface area contributed by atoms with Crippen molar-refractivity contribution in [3.05, 3.63) is 11.6 Å². The van der Waals surface area contributed by atoms with Gasteiger partial charge in [-0.2, -0.15) is 0 Å². The molecule has 0 aromatic heterocycles. The summed E-state index contributed by atoms with van der Waals surface area (Å²) in [5.41, 5.74) is 1.90. The summed E-state index contributed by atoms with van der Waals surface area (Å²) >= 11 is 0. The number of fused-ring (bicyclic) bond motifs is 1. The lowest BCUT2D eigenvalue weighted by Crippen LogP contribution is -2.60. The van der Waals surface area contributed by atoms with Crippen molar-refractivity contribution in [2.75, 3.05) is 0 Å². The van der Waals surface area contributed by atoms with Crippen LogP contribution in [0.1, 0.15) is 58.3 Å². The smallest absolute Gasteiger partial charge is 0.155 e. The predicted octanol–water partition coefficient (Wildman–Crippen LogP) is 3.70. The van der Waals surface area contributed by atoms with E-state index in [0.29, 0.717) is 28.8 Å².